The molecule has 0 aromatic carbocycles. The van der Waals surface area contributed by atoms with Gasteiger partial charge in [-0.3, -0.25) is 14.5 Å². The summed E-state index contributed by atoms with van der Waals surface area (Å²) in [6.07, 6.45) is -1.12. The van der Waals surface area contributed by atoms with Gasteiger partial charge in [0.25, 0.3) is 0 Å². The highest BCUT2D eigenvalue weighted by Gasteiger charge is 2.32. The van der Waals surface area contributed by atoms with Gasteiger partial charge in [-0.05, 0) is 20.8 Å². The summed E-state index contributed by atoms with van der Waals surface area (Å²) in [5.41, 5.74) is 0. The van der Waals surface area contributed by atoms with Gasteiger partial charge in [0.15, 0.2) is 0 Å². The molecule has 82 valence electrons. The van der Waals surface area contributed by atoms with E-state index >= 15 is 0 Å². The summed E-state index contributed by atoms with van der Waals surface area (Å²) in [5.74, 6) is -2.34. The fraction of sp³-hybridized carbons (Fsp3) is 0.750. The lowest BCUT2D eigenvalue weighted by atomic mass is 10.2. The Labute approximate surface area is 81.8 Å². The van der Waals surface area contributed by atoms with Crippen molar-refractivity contribution in [3.63, 3.8) is 0 Å². The highest BCUT2D eigenvalue weighted by molar-refractivity contribution is 5.76. The average molecular weight is 205 g/mol. The van der Waals surface area contributed by atoms with Gasteiger partial charge in [0.05, 0.1) is 0 Å². The minimum atomic E-state index is -1.17. The van der Waals surface area contributed by atoms with Gasteiger partial charge in [-0.1, -0.05) is 0 Å². The van der Waals surface area contributed by atoms with E-state index in [0.29, 0.717) is 0 Å². The van der Waals surface area contributed by atoms with Crippen LogP contribution in [0.15, 0.2) is 0 Å². The molecule has 0 bridgehead atoms. The van der Waals surface area contributed by atoms with Crippen LogP contribution in [0.25, 0.3) is 0 Å². The lowest BCUT2D eigenvalue weighted by Crippen LogP contribution is -2.52. The average Bonchev–Trinajstić information content (AvgIpc) is 2.03. The predicted molar refractivity (Wildman–Crippen MR) is 47.7 cm³/mol. The van der Waals surface area contributed by atoms with Crippen LogP contribution < -0.4 is 0 Å². The van der Waals surface area contributed by atoms with E-state index < -0.39 is 30.3 Å². The number of hydrogen-bond donors (Lipinski definition) is 3. The molecule has 3 unspecified atom stereocenters. The van der Waals surface area contributed by atoms with Gasteiger partial charge in [0.2, 0.25) is 0 Å². The van der Waals surface area contributed by atoms with E-state index in [0.717, 1.165) is 4.90 Å². The molecule has 0 amide bonds. The molecule has 6 heteroatoms. The molecule has 0 fully saturated rings. The van der Waals surface area contributed by atoms with Gasteiger partial charge in [-0.25, -0.2) is 0 Å². The standard InChI is InChI=1S/C8H15NO5/c1-4(7(11)12)9(6(3)10)5(2)8(13)14/h4-6,10H,1-3H3,(H,11,12)(H,13,14). The number of carbonyl (C=O) groups is 2. The van der Waals surface area contributed by atoms with E-state index in [9.17, 15) is 14.7 Å². The van der Waals surface area contributed by atoms with Gasteiger partial charge in [0, 0.05) is 0 Å². The van der Waals surface area contributed by atoms with Crippen molar-refractivity contribution in [1.29, 1.82) is 0 Å². The van der Waals surface area contributed by atoms with Crippen LogP contribution in [0.2, 0.25) is 0 Å². The predicted octanol–water partition coefficient (Wildman–Crippen LogP) is -0.427. The summed E-state index contributed by atoms with van der Waals surface area (Å²) in [6.45, 7) is 3.99. The molecule has 0 aromatic rings. The summed E-state index contributed by atoms with van der Waals surface area (Å²) >= 11 is 0. The molecule has 0 saturated heterocycles. The van der Waals surface area contributed by atoms with E-state index in [4.69, 9.17) is 10.2 Å². The number of hydrogen-bond acceptors (Lipinski definition) is 4. The smallest absolute Gasteiger partial charge is 0.320 e. The zero-order valence-electron chi connectivity index (χ0n) is 8.34. The zero-order valence-corrected chi connectivity index (χ0v) is 8.34. The Hall–Kier alpha value is -1.14. The van der Waals surface area contributed by atoms with Crippen molar-refractivity contribution in [2.24, 2.45) is 0 Å². The molecule has 0 saturated carbocycles. The van der Waals surface area contributed by atoms with Crippen LogP contribution in [0.1, 0.15) is 20.8 Å². The van der Waals surface area contributed by atoms with E-state index in [1.165, 1.54) is 20.8 Å². The molecule has 6 nitrogen and oxygen atoms in total. The Morgan fingerprint density at radius 3 is 1.43 bits per heavy atom. The first-order valence-corrected chi connectivity index (χ1v) is 4.20. The second kappa shape index (κ2) is 4.92. The van der Waals surface area contributed by atoms with Crippen LogP contribution in [0.3, 0.4) is 0 Å². The summed E-state index contributed by atoms with van der Waals surface area (Å²) < 4.78 is 0. The normalized spacial score (nSPS) is 17.5. The maximum absolute atomic E-state index is 10.6. The van der Waals surface area contributed by atoms with Gasteiger partial charge < -0.3 is 15.3 Å². The number of nitrogens with zero attached hydrogens (tertiary/aromatic N) is 1. The minimum absolute atomic E-state index is 1.00. The maximum atomic E-state index is 10.6. The van der Waals surface area contributed by atoms with Gasteiger partial charge in [0.1, 0.15) is 18.3 Å². The molecule has 0 rings (SSSR count). The van der Waals surface area contributed by atoms with Gasteiger partial charge in [-0.15, -0.1) is 0 Å². The van der Waals surface area contributed by atoms with E-state index in [1.54, 1.807) is 0 Å². The topological polar surface area (TPSA) is 98.1 Å². The van der Waals surface area contributed by atoms with Crippen LogP contribution in [-0.2, 0) is 9.59 Å². The highest BCUT2D eigenvalue weighted by Crippen LogP contribution is 2.10. The van der Waals surface area contributed by atoms with Crippen molar-refractivity contribution >= 4 is 11.9 Å². The second-order valence-electron chi connectivity index (χ2n) is 3.11. The van der Waals surface area contributed by atoms with Crippen molar-refractivity contribution in [1.82, 2.24) is 4.90 Å². The number of carboxylic acid groups (broad SMARTS) is 2. The molecule has 0 heterocycles. The first-order chi connectivity index (χ1) is 6.29. The highest BCUT2D eigenvalue weighted by atomic mass is 16.4. The minimum Gasteiger partial charge on any atom is -0.480 e. The summed E-state index contributed by atoms with van der Waals surface area (Å²) in [4.78, 5) is 22.3. The fourth-order valence-electron chi connectivity index (χ4n) is 1.24. The Kier molecular flexibility index (Phi) is 4.52. The number of aliphatic carboxylic acids is 2. The monoisotopic (exact) mass is 205 g/mol. The Balaban J connectivity index is 4.76. The Morgan fingerprint density at radius 1 is 1.00 bits per heavy atom. The van der Waals surface area contributed by atoms with Crippen LogP contribution in [0, 0.1) is 0 Å². The molecular weight excluding hydrogens is 190 g/mol. The second-order valence-corrected chi connectivity index (χ2v) is 3.11. The number of aliphatic hydroxyl groups excluding tert-OH is 1. The molecule has 0 spiro atoms. The summed E-state index contributed by atoms with van der Waals surface area (Å²) in [5, 5.41) is 26.6. The molecule has 14 heavy (non-hydrogen) atoms. The largest absolute Gasteiger partial charge is 0.480 e. The molecule has 0 aliphatic heterocycles. The maximum Gasteiger partial charge on any atom is 0.320 e. The fourth-order valence-corrected chi connectivity index (χ4v) is 1.24. The molecule has 3 N–H and O–H groups in total. The van der Waals surface area contributed by atoms with Crippen LogP contribution in [0.5, 0.6) is 0 Å². The lowest BCUT2D eigenvalue weighted by molar-refractivity contribution is -0.157. The third-order valence-corrected chi connectivity index (χ3v) is 2.04. The van der Waals surface area contributed by atoms with Gasteiger partial charge >= 0.3 is 11.9 Å². The van der Waals surface area contributed by atoms with Crippen LogP contribution in [0.4, 0.5) is 0 Å². The molecular formula is C8H15NO5. The third-order valence-electron chi connectivity index (χ3n) is 2.04. The molecule has 3 atom stereocenters. The summed E-state index contributed by atoms with van der Waals surface area (Å²) in [7, 11) is 0. The Bertz CT molecular complexity index is 208. The number of aliphatic hydroxyl groups is 1. The molecule has 0 aliphatic carbocycles. The lowest BCUT2D eigenvalue weighted by Gasteiger charge is -2.32. The molecule has 0 radical (unpaired) electrons. The quantitative estimate of drug-likeness (QED) is 0.527. The van der Waals surface area contributed by atoms with Crippen molar-refractivity contribution in [3.05, 3.63) is 0 Å². The third kappa shape index (κ3) is 2.97. The summed E-state index contributed by atoms with van der Waals surface area (Å²) in [6, 6.07) is -2.08. The van der Waals surface area contributed by atoms with E-state index in [2.05, 4.69) is 0 Å². The molecule has 0 aliphatic rings. The van der Waals surface area contributed by atoms with Crippen molar-refractivity contribution < 1.29 is 24.9 Å². The Morgan fingerprint density at radius 2 is 1.29 bits per heavy atom. The van der Waals surface area contributed by atoms with Crippen molar-refractivity contribution in [3.8, 4) is 0 Å². The zero-order chi connectivity index (χ0) is 11.5. The van der Waals surface area contributed by atoms with E-state index in [1.807, 2.05) is 0 Å². The van der Waals surface area contributed by atoms with E-state index in [-0.39, 0.29) is 0 Å². The van der Waals surface area contributed by atoms with Crippen LogP contribution in [-0.4, -0.2) is 50.5 Å². The first kappa shape index (κ1) is 12.9. The van der Waals surface area contributed by atoms with Gasteiger partial charge in [-0.2, -0.15) is 0 Å². The van der Waals surface area contributed by atoms with Crippen molar-refractivity contribution in [2.75, 3.05) is 0 Å². The van der Waals surface area contributed by atoms with Crippen LogP contribution >= 0.6 is 0 Å². The number of rotatable bonds is 5. The SMILES string of the molecule is CC(O)N(C(C)C(=O)O)C(C)C(=O)O. The van der Waals surface area contributed by atoms with Crippen molar-refractivity contribution in [2.45, 2.75) is 39.1 Å². The molecule has 0 aromatic heterocycles. The number of carboxylic acids is 2. The first-order valence-electron chi connectivity index (χ1n) is 4.20.